The number of esters is 1. The van der Waals surface area contributed by atoms with Crippen LogP contribution in [0.1, 0.15) is 52.1 Å². The van der Waals surface area contributed by atoms with Crippen LogP contribution in [-0.4, -0.2) is 25.5 Å². The maximum atomic E-state index is 12.4. The molecule has 124 valence electrons. The molecule has 0 radical (unpaired) electrons. The van der Waals surface area contributed by atoms with Crippen molar-refractivity contribution in [3.05, 3.63) is 64.7 Å². The van der Waals surface area contributed by atoms with E-state index in [0.717, 1.165) is 11.1 Å². The molecule has 24 heavy (non-hydrogen) atoms. The third kappa shape index (κ3) is 2.48. The minimum Gasteiger partial charge on any atom is -0.491 e. The van der Waals surface area contributed by atoms with Gasteiger partial charge in [0.1, 0.15) is 12.4 Å². The first-order valence-corrected chi connectivity index (χ1v) is 7.99. The van der Waals surface area contributed by atoms with E-state index in [1.165, 1.54) is 7.11 Å². The number of rotatable bonds is 4. The van der Waals surface area contributed by atoms with Gasteiger partial charge in [0.25, 0.3) is 0 Å². The van der Waals surface area contributed by atoms with Crippen LogP contribution in [0.4, 0.5) is 0 Å². The molecule has 0 saturated carbocycles. The SMILES string of the molecule is CCC(=O)c1cc(C(=O)OC)cc2c1OCC2(C)c1ccccc1. The van der Waals surface area contributed by atoms with Gasteiger partial charge >= 0.3 is 5.97 Å². The minimum absolute atomic E-state index is 0.0469. The normalized spacial score (nSPS) is 18.6. The van der Waals surface area contributed by atoms with Gasteiger partial charge in [-0.15, -0.1) is 0 Å². The van der Waals surface area contributed by atoms with Crippen LogP contribution in [0.15, 0.2) is 42.5 Å². The van der Waals surface area contributed by atoms with Crippen molar-refractivity contribution in [1.82, 2.24) is 0 Å². The zero-order chi connectivity index (χ0) is 17.3. The molecule has 0 N–H and O–H groups in total. The van der Waals surface area contributed by atoms with E-state index in [1.54, 1.807) is 19.1 Å². The van der Waals surface area contributed by atoms with Crippen LogP contribution in [0.25, 0.3) is 0 Å². The molecule has 0 spiro atoms. The Morgan fingerprint density at radius 2 is 1.92 bits per heavy atom. The Morgan fingerprint density at radius 3 is 2.54 bits per heavy atom. The highest BCUT2D eigenvalue weighted by Gasteiger charge is 2.40. The first-order chi connectivity index (χ1) is 11.5. The van der Waals surface area contributed by atoms with E-state index in [1.807, 2.05) is 30.3 Å². The van der Waals surface area contributed by atoms with Crippen molar-refractivity contribution in [2.45, 2.75) is 25.7 Å². The maximum absolute atomic E-state index is 12.4. The van der Waals surface area contributed by atoms with Gasteiger partial charge in [0.05, 0.1) is 23.7 Å². The van der Waals surface area contributed by atoms with Gasteiger partial charge in [0.2, 0.25) is 0 Å². The van der Waals surface area contributed by atoms with E-state index in [-0.39, 0.29) is 5.78 Å². The summed E-state index contributed by atoms with van der Waals surface area (Å²) in [7, 11) is 1.34. The molecule has 1 aliphatic rings. The van der Waals surface area contributed by atoms with Crippen LogP contribution in [0.2, 0.25) is 0 Å². The highest BCUT2D eigenvalue weighted by molar-refractivity contribution is 6.02. The van der Waals surface area contributed by atoms with Crippen molar-refractivity contribution in [3.63, 3.8) is 0 Å². The van der Waals surface area contributed by atoms with Crippen LogP contribution in [0, 0.1) is 0 Å². The number of hydrogen-bond donors (Lipinski definition) is 0. The number of hydrogen-bond acceptors (Lipinski definition) is 4. The Kier molecular flexibility index (Phi) is 4.14. The molecule has 0 saturated heterocycles. The summed E-state index contributed by atoms with van der Waals surface area (Å²) in [6.07, 6.45) is 0.350. The Hall–Kier alpha value is -2.62. The number of carbonyl (C=O) groups excluding carboxylic acids is 2. The molecule has 0 aliphatic carbocycles. The number of fused-ring (bicyclic) bond motifs is 1. The number of ether oxygens (including phenoxy) is 2. The van der Waals surface area contributed by atoms with E-state index in [0.29, 0.717) is 29.9 Å². The van der Waals surface area contributed by atoms with Crippen LogP contribution >= 0.6 is 0 Å². The van der Waals surface area contributed by atoms with E-state index in [9.17, 15) is 9.59 Å². The molecule has 0 bridgehead atoms. The summed E-state index contributed by atoms with van der Waals surface area (Å²) >= 11 is 0. The van der Waals surface area contributed by atoms with Gasteiger partial charge in [0.15, 0.2) is 5.78 Å². The molecule has 1 unspecified atom stereocenters. The predicted octanol–water partition coefficient (Wildman–Crippen LogP) is 3.76. The second-order valence-electron chi connectivity index (χ2n) is 6.16. The van der Waals surface area contributed by atoms with Crippen molar-refractivity contribution in [2.24, 2.45) is 0 Å². The highest BCUT2D eigenvalue weighted by Crippen LogP contribution is 2.45. The maximum Gasteiger partial charge on any atom is 0.337 e. The third-order valence-corrected chi connectivity index (χ3v) is 4.64. The summed E-state index contributed by atoms with van der Waals surface area (Å²) in [5, 5.41) is 0. The van der Waals surface area contributed by atoms with Crippen LogP contribution < -0.4 is 4.74 Å². The molecule has 0 fully saturated rings. The molecule has 0 amide bonds. The fraction of sp³-hybridized carbons (Fsp3) is 0.300. The lowest BCUT2D eigenvalue weighted by atomic mass is 9.77. The topological polar surface area (TPSA) is 52.6 Å². The molecule has 1 atom stereocenters. The third-order valence-electron chi connectivity index (χ3n) is 4.64. The van der Waals surface area contributed by atoms with Crippen LogP contribution in [0.5, 0.6) is 5.75 Å². The van der Waals surface area contributed by atoms with Crippen molar-refractivity contribution in [3.8, 4) is 5.75 Å². The van der Waals surface area contributed by atoms with Crippen molar-refractivity contribution in [2.75, 3.05) is 13.7 Å². The van der Waals surface area contributed by atoms with Crippen LogP contribution in [0.3, 0.4) is 0 Å². The Bertz CT molecular complexity index is 795. The quantitative estimate of drug-likeness (QED) is 0.635. The first kappa shape index (κ1) is 16.2. The second kappa shape index (κ2) is 6.11. The molecule has 3 rings (SSSR count). The van der Waals surface area contributed by atoms with E-state index < -0.39 is 11.4 Å². The van der Waals surface area contributed by atoms with Gasteiger partial charge in [-0.3, -0.25) is 4.79 Å². The van der Waals surface area contributed by atoms with Gasteiger partial charge in [-0.2, -0.15) is 0 Å². The summed E-state index contributed by atoms with van der Waals surface area (Å²) in [5.74, 6) is 0.0837. The number of methoxy groups -OCH3 is 1. The zero-order valence-electron chi connectivity index (χ0n) is 14.1. The molecule has 4 heteroatoms. The van der Waals surface area contributed by atoms with Gasteiger partial charge < -0.3 is 9.47 Å². The number of carbonyl (C=O) groups is 2. The summed E-state index contributed by atoms with van der Waals surface area (Å²) < 4.78 is 10.8. The first-order valence-electron chi connectivity index (χ1n) is 7.99. The molecule has 2 aromatic carbocycles. The second-order valence-corrected chi connectivity index (χ2v) is 6.16. The average molecular weight is 324 g/mol. The molecular formula is C20H20O4. The zero-order valence-corrected chi connectivity index (χ0v) is 14.1. The Morgan fingerprint density at radius 1 is 1.21 bits per heavy atom. The standard InChI is InChI=1S/C20H20O4/c1-4-17(21)15-10-13(19(22)23-3)11-16-18(15)24-12-20(16,2)14-8-6-5-7-9-14/h5-11H,4,12H2,1-3H3. The van der Waals surface area contributed by atoms with Gasteiger partial charge in [-0.25, -0.2) is 4.79 Å². The van der Waals surface area contributed by atoms with E-state index in [4.69, 9.17) is 9.47 Å². The van der Waals surface area contributed by atoms with Crippen molar-refractivity contribution in [1.29, 1.82) is 0 Å². The van der Waals surface area contributed by atoms with Gasteiger partial charge in [0, 0.05) is 12.0 Å². The monoisotopic (exact) mass is 324 g/mol. The van der Waals surface area contributed by atoms with Crippen molar-refractivity contribution >= 4 is 11.8 Å². The van der Waals surface area contributed by atoms with Crippen molar-refractivity contribution < 1.29 is 19.1 Å². The fourth-order valence-electron chi connectivity index (χ4n) is 3.17. The smallest absolute Gasteiger partial charge is 0.337 e. The van der Waals surface area contributed by atoms with E-state index >= 15 is 0 Å². The lowest BCUT2D eigenvalue weighted by Gasteiger charge is -2.23. The molecule has 4 nitrogen and oxygen atoms in total. The lowest BCUT2D eigenvalue weighted by Crippen LogP contribution is -2.25. The summed E-state index contributed by atoms with van der Waals surface area (Å²) in [5.41, 5.74) is 2.36. The fourth-order valence-corrected chi connectivity index (χ4v) is 3.17. The molecule has 2 aromatic rings. The number of Topliss-reactive ketones (excluding diaryl/α,β-unsaturated/α-hetero) is 1. The molecule has 1 heterocycles. The Balaban J connectivity index is 2.23. The highest BCUT2D eigenvalue weighted by atomic mass is 16.5. The number of benzene rings is 2. The van der Waals surface area contributed by atoms with Gasteiger partial charge in [-0.05, 0) is 24.6 Å². The molecular weight excluding hydrogens is 304 g/mol. The Labute approximate surface area is 141 Å². The summed E-state index contributed by atoms with van der Waals surface area (Å²) in [6.45, 7) is 4.29. The summed E-state index contributed by atoms with van der Waals surface area (Å²) in [4.78, 5) is 24.4. The molecule has 0 aromatic heterocycles. The van der Waals surface area contributed by atoms with Crippen LogP contribution in [-0.2, 0) is 10.2 Å². The largest absolute Gasteiger partial charge is 0.491 e. The van der Waals surface area contributed by atoms with E-state index in [2.05, 4.69) is 6.92 Å². The minimum atomic E-state index is -0.453. The average Bonchev–Trinajstić information content (AvgIpc) is 2.98. The summed E-state index contributed by atoms with van der Waals surface area (Å²) in [6, 6.07) is 13.3. The predicted molar refractivity (Wildman–Crippen MR) is 90.8 cm³/mol. The molecule has 1 aliphatic heterocycles. The number of ketones is 1. The van der Waals surface area contributed by atoms with Gasteiger partial charge in [-0.1, -0.05) is 37.3 Å². The lowest BCUT2D eigenvalue weighted by molar-refractivity contribution is 0.0600.